The number of nitrogens with two attached hydrogens (primary N) is 1. The summed E-state index contributed by atoms with van der Waals surface area (Å²) in [7, 11) is 1.97. The maximum atomic E-state index is 6.30. The van der Waals surface area contributed by atoms with Gasteiger partial charge in [-0.3, -0.25) is 4.68 Å². The Kier molecular flexibility index (Phi) is 1.74. The first-order valence-electron chi connectivity index (χ1n) is 4.82. The molecule has 1 aromatic heterocycles. The maximum Gasteiger partial charge on any atom is 0.0597 e. The largest absolute Gasteiger partial charge is 0.320 e. The number of rotatable bonds is 2. The van der Waals surface area contributed by atoms with Crippen LogP contribution in [0.1, 0.15) is 31.2 Å². The van der Waals surface area contributed by atoms with Crippen LogP contribution in [0.3, 0.4) is 0 Å². The molecule has 1 unspecified atom stereocenters. The standard InChI is InChI=1S/C10H17N3/c1-7-6-9(13(3)12-7)10(2,11)8-4-5-8/h6,8H,4-5,11H2,1-3H3. The lowest BCUT2D eigenvalue weighted by Gasteiger charge is -2.24. The lowest BCUT2D eigenvalue weighted by molar-refractivity contribution is 0.394. The Bertz CT molecular complexity index is 321. The van der Waals surface area contributed by atoms with E-state index in [1.54, 1.807) is 0 Å². The summed E-state index contributed by atoms with van der Waals surface area (Å²) in [5.74, 6) is 0.655. The minimum absolute atomic E-state index is 0.185. The van der Waals surface area contributed by atoms with Gasteiger partial charge in [-0.05, 0) is 38.7 Å². The first-order valence-corrected chi connectivity index (χ1v) is 4.82. The molecule has 1 fully saturated rings. The Balaban J connectivity index is 2.37. The molecule has 0 aliphatic heterocycles. The lowest BCUT2D eigenvalue weighted by atomic mass is 9.93. The fraction of sp³-hybridized carbons (Fsp3) is 0.700. The number of nitrogens with zero attached hydrogens (tertiary/aromatic N) is 2. The van der Waals surface area contributed by atoms with Crippen molar-refractivity contribution in [3.05, 3.63) is 17.5 Å². The molecule has 1 aliphatic carbocycles. The predicted molar refractivity (Wildman–Crippen MR) is 52.2 cm³/mol. The summed E-state index contributed by atoms with van der Waals surface area (Å²) in [5, 5.41) is 4.32. The topological polar surface area (TPSA) is 43.8 Å². The second-order valence-electron chi connectivity index (χ2n) is 4.35. The minimum atomic E-state index is -0.185. The van der Waals surface area contributed by atoms with E-state index in [9.17, 15) is 0 Å². The van der Waals surface area contributed by atoms with Crippen LogP contribution in [-0.2, 0) is 12.6 Å². The Morgan fingerprint density at radius 1 is 1.62 bits per heavy atom. The molecule has 0 amide bonds. The number of hydrogen-bond acceptors (Lipinski definition) is 2. The van der Waals surface area contributed by atoms with Crippen LogP contribution in [-0.4, -0.2) is 9.78 Å². The minimum Gasteiger partial charge on any atom is -0.320 e. The molecule has 0 saturated heterocycles. The summed E-state index contributed by atoms with van der Waals surface area (Å²) in [6, 6.07) is 2.10. The van der Waals surface area contributed by atoms with Crippen molar-refractivity contribution in [2.45, 2.75) is 32.2 Å². The van der Waals surface area contributed by atoms with E-state index in [1.807, 2.05) is 18.7 Å². The third-order valence-electron chi connectivity index (χ3n) is 2.98. The second kappa shape index (κ2) is 2.58. The van der Waals surface area contributed by atoms with Crippen LogP contribution in [0, 0.1) is 12.8 Å². The Labute approximate surface area is 78.9 Å². The molecule has 1 aromatic rings. The zero-order valence-corrected chi connectivity index (χ0v) is 8.54. The van der Waals surface area contributed by atoms with Crippen molar-refractivity contribution in [3.8, 4) is 0 Å². The van der Waals surface area contributed by atoms with Crippen LogP contribution >= 0.6 is 0 Å². The van der Waals surface area contributed by atoms with Crippen LogP contribution in [0.2, 0.25) is 0 Å². The van der Waals surface area contributed by atoms with Crippen molar-refractivity contribution in [2.24, 2.45) is 18.7 Å². The van der Waals surface area contributed by atoms with Crippen LogP contribution in [0.25, 0.3) is 0 Å². The summed E-state index contributed by atoms with van der Waals surface area (Å²) in [5.41, 5.74) is 8.32. The van der Waals surface area contributed by atoms with Gasteiger partial charge in [0.25, 0.3) is 0 Å². The number of aryl methyl sites for hydroxylation is 2. The van der Waals surface area contributed by atoms with E-state index >= 15 is 0 Å². The van der Waals surface area contributed by atoms with Crippen molar-refractivity contribution in [1.82, 2.24) is 9.78 Å². The van der Waals surface area contributed by atoms with Crippen LogP contribution in [0.5, 0.6) is 0 Å². The predicted octanol–water partition coefficient (Wildman–Crippen LogP) is 1.31. The van der Waals surface area contributed by atoms with E-state index in [4.69, 9.17) is 5.73 Å². The molecule has 2 rings (SSSR count). The van der Waals surface area contributed by atoms with Gasteiger partial charge in [0.1, 0.15) is 0 Å². The molecule has 2 N–H and O–H groups in total. The fourth-order valence-corrected chi connectivity index (χ4v) is 2.01. The Morgan fingerprint density at radius 3 is 2.62 bits per heavy atom. The summed E-state index contributed by atoms with van der Waals surface area (Å²) < 4.78 is 1.91. The molecule has 0 spiro atoms. The molecule has 3 heteroatoms. The Morgan fingerprint density at radius 2 is 2.23 bits per heavy atom. The van der Waals surface area contributed by atoms with Crippen molar-refractivity contribution in [3.63, 3.8) is 0 Å². The van der Waals surface area contributed by atoms with Gasteiger partial charge in [-0.25, -0.2) is 0 Å². The monoisotopic (exact) mass is 179 g/mol. The van der Waals surface area contributed by atoms with E-state index in [0.29, 0.717) is 5.92 Å². The molecule has 0 radical (unpaired) electrons. The first-order chi connectivity index (χ1) is 6.01. The smallest absolute Gasteiger partial charge is 0.0597 e. The van der Waals surface area contributed by atoms with Crippen molar-refractivity contribution in [2.75, 3.05) is 0 Å². The molecule has 72 valence electrons. The average molecular weight is 179 g/mol. The van der Waals surface area contributed by atoms with E-state index in [-0.39, 0.29) is 5.54 Å². The SMILES string of the molecule is Cc1cc(C(C)(N)C2CC2)n(C)n1. The molecule has 0 bridgehead atoms. The molecule has 1 aliphatic rings. The van der Waals surface area contributed by atoms with E-state index in [0.717, 1.165) is 11.4 Å². The highest BCUT2D eigenvalue weighted by atomic mass is 15.3. The quantitative estimate of drug-likeness (QED) is 0.744. The number of hydrogen-bond donors (Lipinski definition) is 1. The van der Waals surface area contributed by atoms with Gasteiger partial charge >= 0.3 is 0 Å². The van der Waals surface area contributed by atoms with Crippen molar-refractivity contribution >= 4 is 0 Å². The highest BCUT2D eigenvalue weighted by molar-refractivity contribution is 5.20. The lowest BCUT2D eigenvalue weighted by Crippen LogP contribution is -2.37. The maximum absolute atomic E-state index is 6.30. The van der Waals surface area contributed by atoms with E-state index in [1.165, 1.54) is 12.8 Å². The summed E-state index contributed by atoms with van der Waals surface area (Å²) in [6.07, 6.45) is 2.52. The average Bonchev–Trinajstić information content (AvgIpc) is 2.78. The van der Waals surface area contributed by atoms with Crippen LogP contribution in [0.4, 0.5) is 0 Å². The van der Waals surface area contributed by atoms with Gasteiger partial charge in [0.05, 0.1) is 16.9 Å². The fourth-order valence-electron chi connectivity index (χ4n) is 2.01. The Hall–Kier alpha value is -0.830. The van der Waals surface area contributed by atoms with Gasteiger partial charge in [0.15, 0.2) is 0 Å². The highest BCUT2D eigenvalue weighted by Crippen LogP contribution is 2.43. The van der Waals surface area contributed by atoms with Gasteiger partial charge < -0.3 is 5.73 Å². The highest BCUT2D eigenvalue weighted by Gasteiger charge is 2.41. The molecule has 1 heterocycles. The van der Waals surface area contributed by atoms with E-state index < -0.39 is 0 Å². The van der Waals surface area contributed by atoms with Gasteiger partial charge in [0, 0.05) is 7.05 Å². The van der Waals surface area contributed by atoms with Crippen molar-refractivity contribution in [1.29, 1.82) is 0 Å². The zero-order chi connectivity index (χ0) is 9.64. The van der Waals surface area contributed by atoms with E-state index in [2.05, 4.69) is 18.1 Å². The van der Waals surface area contributed by atoms with Crippen molar-refractivity contribution < 1.29 is 0 Å². The molecule has 13 heavy (non-hydrogen) atoms. The molecular formula is C10H17N3. The molecule has 0 aromatic carbocycles. The van der Waals surface area contributed by atoms with Crippen LogP contribution < -0.4 is 5.73 Å². The normalized spacial score (nSPS) is 21.5. The zero-order valence-electron chi connectivity index (χ0n) is 8.54. The van der Waals surface area contributed by atoms with Crippen LogP contribution in [0.15, 0.2) is 6.07 Å². The molecule has 1 saturated carbocycles. The molecule has 3 nitrogen and oxygen atoms in total. The number of aromatic nitrogens is 2. The first kappa shape index (κ1) is 8.75. The van der Waals surface area contributed by atoms with Gasteiger partial charge in [-0.1, -0.05) is 0 Å². The third kappa shape index (κ3) is 1.37. The molecular weight excluding hydrogens is 162 g/mol. The third-order valence-corrected chi connectivity index (χ3v) is 2.98. The summed E-state index contributed by atoms with van der Waals surface area (Å²) in [6.45, 7) is 4.12. The van der Waals surface area contributed by atoms with Gasteiger partial charge in [-0.2, -0.15) is 5.10 Å². The second-order valence-corrected chi connectivity index (χ2v) is 4.35. The summed E-state index contributed by atoms with van der Waals surface area (Å²) >= 11 is 0. The summed E-state index contributed by atoms with van der Waals surface area (Å²) in [4.78, 5) is 0. The van der Waals surface area contributed by atoms with Gasteiger partial charge in [0.2, 0.25) is 0 Å². The van der Waals surface area contributed by atoms with Gasteiger partial charge in [-0.15, -0.1) is 0 Å². The molecule has 1 atom stereocenters.